The number of nitrogens with zero attached hydrogens (tertiary/aromatic N) is 2. The van der Waals surface area contributed by atoms with E-state index in [4.69, 9.17) is 11.6 Å². The second kappa shape index (κ2) is 12.3. The van der Waals surface area contributed by atoms with Gasteiger partial charge >= 0.3 is 0 Å². The molecule has 3 aromatic carbocycles. The predicted molar refractivity (Wildman–Crippen MR) is 147 cm³/mol. The lowest BCUT2D eigenvalue weighted by atomic mass is 10.1. The van der Waals surface area contributed by atoms with Crippen molar-refractivity contribution in [2.75, 3.05) is 17.4 Å². The summed E-state index contributed by atoms with van der Waals surface area (Å²) >= 11 is 6.01. The molecule has 0 aliphatic rings. The van der Waals surface area contributed by atoms with Crippen LogP contribution in [0.1, 0.15) is 30.5 Å². The molecule has 3 aromatic rings. The summed E-state index contributed by atoms with van der Waals surface area (Å²) in [6, 6.07) is 19.6. The van der Waals surface area contributed by atoms with Crippen LogP contribution < -0.4 is 9.62 Å². The lowest BCUT2D eigenvalue weighted by Gasteiger charge is -2.32. The number of nitrogens with one attached hydrogen (secondary N) is 1. The minimum absolute atomic E-state index is 0.0773. The standard InChI is InChI=1S/C28H32ClN3O4S/c1-5-30-28(34)22(4)31(18-23-11-13-24(29)14-12-23)27(33)19-32(25-8-6-7-21(3)17-25)37(35,36)26-15-9-20(2)10-16-26/h6-17,22H,5,18-19H2,1-4H3,(H,30,34)/t22-/m1/s1. The quantitative estimate of drug-likeness (QED) is 0.403. The van der Waals surface area contributed by atoms with Gasteiger partial charge in [0, 0.05) is 18.1 Å². The van der Waals surface area contributed by atoms with Crippen LogP contribution in [0.25, 0.3) is 0 Å². The van der Waals surface area contributed by atoms with Crippen molar-refractivity contribution in [3.63, 3.8) is 0 Å². The van der Waals surface area contributed by atoms with Crippen LogP contribution in [0.15, 0.2) is 77.7 Å². The summed E-state index contributed by atoms with van der Waals surface area (Å²) in [6.07, 6.45) is 0. The highest BCUT2D eigenvalue weighted by Crippen LogP contribution is 2.26. The van der Waals surface area contributed by atoms with Crippen molar-refractivity contribution in [3.05, 3.63) is 94.5 Å². The van der Waals surface area contributed by atoms with Gasteiger partial charge in [0.15, 0.2) is 0 Å². The largest absolute Gasteiger partial charge is 0.355 e. The van der Waals surface area contributed by atoms with Crippen LogP contribution in [0.3, 0.4) is 0 Å². The molecule has 0 radical (unpaired) electrons. The molecule has 2 amide bonds. The molecule has 0 bridgehead atoms. The van der Waals surface area contributed by atoms with Gasteiger partial charge in [-0.3, -0.25) is 13.9 Å². The maximum absolute atomic E-state index is 13.8. The van der Waals surface area contributed by atoms with Crippen molar-refractivity contribution in [2.45, 2.75) is 45.2 Å². The minimum atomic E-state index is -4.08. The summed E-state index contributed by atoms with van der Waals surface area (Å²) in [5, 5.41) is 3.29. The van der Waals surface area contributed by atoms with Crippen LogP contribution in [0.5, 0.6) is 0 Å². The lowest BCUT2D eigenvalue weighted by molar-refractivity contribution is -0.139. The molecule has 1 atom stereocenters. The van der Waals surface area contributed by atoms with E-state index in [2.05, 4.69) is 5.32 Å². The maximum atomic E-state index is 13.8. The Hall–Kier alpha value is -3.36. The average Bonchev–Trinajstić information content (AvgIpc) is 2.86. The van der Waals surface area contributed by atoms with Crippen LogP contribution in [-0.4, -0.2) is 44.3 Å². The van der Waals surface area contributed by atoms with E-state index in [0.717, 1.165) is 21.0 Å². The highest BCUT2D eigenvalue weighted by atomic mass is 35.5. The highest BCUT2D eigenvalue weighted by Gasteiger charge is 2.32. The van der Waals surface area contributed by atoms with E-state index in [1.54, 1.807) is 68.4 Å². The Morgan fingerprint density at radius 3 is 2.19 bits per heavy atom. The first-order chi connectivity index (χ1) is 17.5. The Morgan fingerprint density at radius 2 is 1.59 bits per heavy atom. The van der Waals surface area contributed by atoms with Gasteiger partial charge in [-0.1, -0.05) is 53.6 Å². The molecule has 0 aliphatic carbocycles. The number of carbonyl (C=O) groups excluding carboxylic acids is 2. The van der Waals surface area contributed by atoms with Crippen molar-refractivity contribution in [1.82, 2.24) is 10.2 Å². The number of likely N-dealkylation sites (N-methyl/N-ethyl adjacent to an activating group) is 1. The number of hydrogen-bond donors (Lipinski definition) is 1. The van der Waals surface area contributed by atoms with E-state index in [1.165, 1.54) is 17.0 Å². The second-order valence-corrected chi connectivity index (χ2v) is 11.2. The predicted octanol–water partition coefficient (Wildman–Crippen LogP) is 4.71. The SMILES string of the molecule is CCNC(=O)[C@@H](C)N(Cc1ccc(Cl)cc1)C(=O)CN(c1cccc(C)c1)S(=O)(=O)c1ccc(C)cc1. The summed E-state index contributed by atoms with van der Waals surface area (Å²) in [5.74, 6) is -0.834. The highest BCUT2D eigenvalue weighted by molar-refractivity contribution is 7.92. The van der Waals surface area contributed by atoms with E-state index < -0.39 is 28.5 Å². The number of rotatable bonds is 10. The number of amides is 2. The fraction of sp³-hybridized carbons (Fsp3) is 0.286. The van der Waals surface area contributed by atoms with E-state index in [0.29, 0.717) is 17.3 Å². The van der Waals surface area contributed by atoms with Gasteiger partial charge in [-0.2, -0.15) is 0 Å². The minimum Gasteiger partial charge on any atom is -0.355 e. The van der Waals surface area contributed by atoms with E-state index in [-0.39, 0.29) is 17.3 Å². The van der Waals surface area contributed by atoms with Gasteiger partial charge in [-0.15, -0.1) is 0 Å². The molecule has 0 aliphatic heterocycles. The molecule has 7 nitrogen and oxygen atoms in total. The first kappa shape index (κ1) is 28.2. The molecule has 0 fully saturated rings. The van der Waals surface area contributed by atoms with Gasteiger partial charge in [0.1, 0.15) is 12.6 Å². The van der Waals surface area contributed by atoms with Gasteiger partial charge in [0.2, 0.25) is 11.8 Å². The van der Waals surface area contributed by atoms with Gasteiger partial charge in [-0.05, 0) is 75.2 Å². The normalized spacial score (nSPS) is 12.0. The van der Waals surface area contributed by atoms with E-state index >= 15 is 0 Å². The molecule has 9 heteroatoms. The lowest BCUT2D eigenvalue weighted by Crippen LogP contribution is -2.51. The molecular weight excluding hydrogens is 510 g/mol. The first-order valence-corrected chi connectivity index (χ1v) is 13.8. The number of anilines is 1. The van der Waals surface area contributed by atoms with Crippen LogP contribution in [0.2, 0.25) is 5.02 Å². The van der Waals surface area contributed by atoms with Crippen LogP contribution in [0, 0.1) is 13.8 Å². The first-order valence-electron chi connectivity index (χ1n) is 12.0. The molecule has 1 N–H and O–H groups in total. The molecular formula is C28H32ClN3O4S. The molecule has 0 saturated carbocycles. The third-order valence-corrected chi connectivity index (χ3v) is 8.00. The fourth-order valence-corrected chi connectivity index (χ4v) is 5.37. The summed E-state index contributed by atoms with van der Waals surface area (Å²) in [6.45, 7) is 7.19. The third-order valence-electron chi connectivity index (χ3n) is 5.96. The van der Waals surface area contributed by atoms with Crippen LogP contribution >= 0.6 is 11.6 Å². The Bertz CT molecular complexity index is 1340. The Balaban J connectivity index is 2.02. The van der Waals surface area contributed by atoms with Crippen LogP contribution in [0.4, 0.5) is 5.69 Å². The zero-order valence-corrected chi connectivity index (χ0v) is 23.0. The molecule has 0 saturated heterocycles. The Labute approximate surface area is 224 Å². The molecule has 0 aromatic heterocycles. The van der Waals surface area contributed by atoms with Crippen molar-refractivity contribution in [3.8, 4) is 0 Å². The summed E-state index contributed by atoms with van der Waals surface area (Å²) < 4.78 is 28.7. The zero-order valence-electron chi connectivity index (χ0n) is 21.4. The number of benzene rings is 3. The molecule has 3 rings (SSSR count). The summed E-state index contributed by atoms with van der Waals surface area (Å²) in [7, 11) is -4.08. The second-order valence-electron chi connectivity index (χ2n) is 8.88. The molecule has 0 unspecified atom stereocenters. The fourth-order valence-electron chi connectivity index (χ4n) is 3.84. The van der Waals surface area contributed by atoms with Gasteiger partial charge in [0.05, 0.1) is 10.6 Å². The van der Waals surface area contributed by atoms with Crippen LogP contribution in [-0.2, 0) is 26.2 Å². The molecule has 196 valence electrons. The number of aryl methyl sites for hydroxylation is 2. The van der Waals surface area contributed by atoms with Crippen molar-refractivity contribution in [2.24, 2.45) is 0 Å². The number of carbonyl (C=O) groups is 2. The molecule has 37 heavy (non-hydrogen) atoms. The van der Waals surface area contributed by atoms with Crippen molar-refractivity contribution in [1.29, 1.82) is 0 Å². The van der Waals surface area contributed by atoms with Gasteiger partial charge in [0.25, 0.3) is 10.0 Å². The molecule has 0 spiro atoms. The monoisotopic (exact) mass is 541 g/mol. The van der Waals surface area contributed by atoms with Gasteiger partial charge < -0.3 is 10.2 Å². The molecule has 0 heterocycles. The van der Waals surface area contributed by atoms with Crippen molar-refractivity contribution < 1.29 is 18.0 Å². The third kappa shape index (κ3) is 7.11. The zero-order chi connectivity index (χ0) is 27.2. The van der Waals surface area contributed by atoms with Gasteiger partial charge in [-0.25, -0.2) is 8.42 Å². The Morgan fingerprint density at radius 1 is 0.946 bits per heavy atom. The van der Waals surface area contributed by atoms with E-state index in [1.807, 2.05) is 19.9 Å². The van der Waals surface area contributed by atoms with E-state index in [9.17, 15) is 18.0 Å². The summed E-state index contributed by atoms with van der Waals surface area (Å²) in [4.78, 5) is 28.0. The Kier molecular flexibility index (Phi) is 9.34. The van der Waals surface area contributed by atoms with Crippen molar-refractivity contribution >= 4 is 39.1 Å². The average molecular weight is 542 g/mol. The topological polar surface area (TPSA) is 86.8 Å². The maximum Gasteiger partial charge on any atom is 0.264 e. The number of hydrogen-bond acceptors (Lipinski definition) is 4. The summed E-state index contributed by atoms with van der Waals surface area (Å²) in [5.41, 5.74) is 2.90. The number of halogens is 1. The smallest absolute Gasteiger partial charge is 0.264 e. The number of sulfonamides is 1.